The highest BCUT2D eigenvalue weighted by molar-refractivity contribution is 5.89. The van der Waals surface area contributed by atoms with Crippen LogP contribution in [0.3, 0.4) is 0 Å². The summed E-state index contributed by atoms with van der Waals surface area (Å²) in [7, 11) is 2.18. The second-order valence-electron chi connectivity index (χ2n) is 7.51. The molecular weight excluding hydrogens is 348 g/mol. The van der Waals surface area contributed by atoms with Crippen LogP contribution in [0, 0.1) is 0 Å². The van der Waals surface area contributed by atoms with E-state index in [0.717, 1.165) is 54.1 Å². The second-order valence-corrected chi connectivity index (χ2v) is 7.51. The van der Waals surface area contributed by atoms with Crippen molar-refractivity contribution in [1.82, 2.24) is 14.5 Å². The van der Waals surface area contributed by atoms with E-state index in [2.05, 4.69) is 46.1 Å². The zero-order chi connectivity index (χ0) is 19.5. The van der Waals surface area contributed by atoms with Crippen LogP contribution < -0.4 is 5.32 Å². The van der Waals surface area contributed by atoms with Crippen LogP contribution in [-0.2, 0) is 4.79 Å². The molecule has 1 aliphatic rings. The predicted molar refractivity (Wildman–Crippen MR) is 113 cm³/mol. The highest BCUT2D eigenvalue weighted by atomic mass is 16.1. The highest BCUT2D eigenvalue weighted by Gasteiger charge is 2.23. The molecule has 28 heavy (non-hydrogen) atoms. The van der Waals surface area contributed by atoms with Gasteiger partial charge in [0.05, 0.1) is 17.7 Å². The van der Waals surface area contributed by atoms with Crippen LogP contribution in [0.1, 0.15) is 25.8 Å². The highest BCUT2D eigenvalue weighted by Crippen LogP contribution is 2.36. The lowest BCUT2D eigenvalue weighted by Gasteiger charge is -2.31. The minimum absolute atomic E-state index is 0.0610. The van der Waals surface area contributed by atoms with E-state index in [1.165, 1.54) is 6.92 Å². The Morgan fingerprint density at radius 3 is 2.32 bits per heavy atom. The topological polar surface area (TPSA) is 50.2 Å². The van der Waals surface area contributed by atoms with E-state index < -0.39 is 0 Å². The zero-order valence-corrected chi connectivity index (χ0v) is 16.4. The van der Waals surface area contributed by atoms with Gasteiger partial charge in [-0.05, 0) is 45.1 Å². The summed E-state index contributed by atoms with van der Waals surface area (Å²) in [5.41, 5.74) is 5.20. The maximum Gasteiger partial charge on any atom is 0.221 e. The number of carbonyl (C=O) groups is 1. The number of nitrogens with zero attached hydrogens (tertiary/aromatic N) is 3. The van der Waals surface area contributed by atoms with E-state index in [0.29, 0.717) is 6.04 Å². The molecule has 0 atom stereocenters. The quantitative estimate of drug-likeness (QED) is 0.734. The van der Waals surface area contributed by atoms with E-state index in [4.69, 9.17) is 4.98 Å². The number of aromatic nitrogens is 2. The second kappa shape index (κ2) is 7.98. The first kappa shape index (κ1) is 18.4. The Kier molecular flexibility index (Phi) is 5.26. The minimum atomic E-state index is -0.0610. The Balaban J connectivity index is 1.76. The number of imidazole rings is 1. The maximum absolute atomic E-state index is 11.3. The maximum atomic E-state index is 11.3. The van der Waals surface area contributed by atoms with Gasteiger partial charge < -0.3 is 14.8 Å². The van der Waals surface area contributed by atoms with Crippen LogP contribution in [-0.4, -0.2) is 40.5 Å². The van der Waals surface area contributed by atoms with E-state index in [-0.39, 0.29) is 5.91 Å². The average molecular weight is 374 g/mol. The summed E-state index contributed by atoms with van der Waals surface area (Å²) in [5.74, 6) is -0.0610. The van der Waals surface area contributed by atoms with Crippen LogP contribution in [0.25, 0.3) is 22.5 Å². The summed E-state index contributed by atoms with van der Waals surface area (Å²) >= 11 is 0. The summed E-state index contributed by atoms with van der Waals surface area (Å²) in [6, 6.07) is 18.8. The summed E-state index contributed by atoms with van der Waals surface area (Å²) in [4.78, 5) is 18.5. The van der Waals surface area contributed by atoms with Crippen molar-refractivity contribution in [3.05, 3.63) is 60.9 Å². The first-order chi connectivity index (χ1) is 13.6. The van der Waals surface area contributed by atoms with Crippen LogP contribution in [0.15, 0.2) is 60.9 Å². The van der Waals surface area contributed by atoms with Gasteiger partial charge in [0.25, 0.3) is 0 Å². The first-order valence-electron chi connectivity index (χ1n) is 9.80. The Morgan fingerprint density at radius 2 is 1.68 bits per heavy atom. The Labute approximate surface area is 166 Å². The van der Waals surface area contributed by atoms with Crippen LogP contribution in [0.4, 0.5) is 5.69 Å². The van der Waals surface area contributed by atoms with E-state index in [9.17, 15) is 4.79 Å². The molecule has 0 saturated carbocycles. The van der Waals surface area contributed by atoms with Crippen LogP contribution >= 0.6 is 0 Å². The number of piperidine rings is 1. The molecule has 3 aromatic rings. The molecule has 1 aromatic heterocycles. The fourth-order valence-electron chi connectivity index (χ4n) is 3.92. The van der Waals surface area contributed by atoms with Gasteiger partial charge in [0.2, 0.25) is 5.91 Å². The van der Waals surface area contributed by atoms with Gasteiger partial charge in [-0.15, -0.1) is 0 Å². The Hall–Kier alpha value is -2.92. The van der Waals surface area contributed by atoms with Crippen molar-refractivity contribution in [1.29, 1.82) is 0 Å². The monoisotopic (exact) mass is 374 g/mol. The van der Waals surface area contributed by atoms with Gasteiger partial charge in [-0.1, -0.05) is 42.5 Å². The summed E-state index contributed by atoms with van der Waals surface area (Å²) < 4.78 is 2.35. The number of amides is 1. The molecule has 1 saturated heterocycles. The van der Waals surface area contributed by atoms with Crippen molar-refractivity contribution in [2.24, 2.45) is 0 Å². The third-order valence-corrected chi connectivity index (χ3v) is 5.40. The minimum Gasteiger partial charge on any atom is -0.327 e. The molecular formula is C23H26N4O. The van der Waals surface area contributed by atoms with Gasteiger partial charge in [-0.25, -0.2) is 4.98 Å². The normalized spacial score (nSPS) is 15.5. The molecule has 5 nitrogen and oxygen atoms in total. The molecule has 1 fully saturated rings. The van der Waals surface area contributed by atoms with Crippen molar-refractivity contribution in [3.8, 4) is 22.5 Å². The molecule has 2 heterocycles. The summed E-state index contributed by atoms with van der Waals surface area (Å²) in [6.07, 6.45) is 4.24. The number of likely N-dealkylation sites (tertiary alicyclic amines) is 1. The molecule has 0 radical (unpaired) electrons. The molecule has 1 N–H and O–H groups in total. The molecule has 2 aromatic carbocycles. The van der Waals surface area contributed by atoms with E-state index >= 15 is 0 Å². The molecule has 4 rings (SSSR count). The number of hydrogen-bond donors (Lipinski definition) is 1. The van der Waals surface area contributed by atoms with Crippen molar-refractivity contribution in [3.63, 3.8) is 0 Å². The molecule has 0 spiro atoms. The lowest BCUT2D eigenvalue weighted by atomic mass is 10.0. The van der Waals surface area contributed by atoms with Gasteiger partial charge >= 0.3 is 0 Å². The SMILES string of the molecule is CC(=O)Nc1ccc(-c2c(-c3ccccc3)ncn2C2CCN(C)CC2)cc1. The number of benzene rings is 2. The lowest BCUT2D eigenvalue weighted by molar-refractivity contribution is -0.114. The fraction of sp³-hybridized carbons (Fsp3) is 0.304. The number of carbonyl (C=O) groups excluding carboxylic acids is 1. The van der Waals surface area contributed by atoms with Crippen LogP contribution in [0.2, 0.25) is 0 Å². The molecule has 144 valence electrons. The molecule has 0 unspecified atom stereocenters. The molecule has 0 bridgehead atoms. The first-order valence-corrected chi connectivity index (χ1v) is 9.80. The zero-order valence-electron chi connectivity index (χ0n) is 16.4. The van der Waals surface area contributed by atoms with Gasteiger partial charge in [-0.3, -0.25) is 4.79 Å². The van der Waals surface area contributed by atoms with E-state index in [1.54, 1.807) is 0 Å². The average Bonchev–Trinajstić information content (AvgIpc) is 3.14. The molecule has 5 heteroatoms. The third kappa shape index (κ3) is 3.85. The number of rotatable bonds is 4. The van der Waals surface area contributed by atoms with Gasteiger partial charge in [0, 0.05) is 29.8 Å². The molecule has 0 aliphatic carbocycles. The van der Waals surface area contributed by atoms with Gasteiger partial charge in [0.15, 0.2) is 0 Å². The summed E-state index contributed by atoms with van der Waals surface area (Å²) in [5, 5.41) is 2.84. The number of nitrogens with one attached hydrogen (secondary N) is 1. The van der Waals surface area contributed by atoms with Gasteiger partial charge in [-0.2, -0.15) is 0 Å². The van der Waals surface area contributed by atoms with Crippen molar-refractivity contribution >= 4 is 11.6 Å². The summed E-state index contributed by atoms with van der Waals surface area (Å²) in [6.45, 7) is 3.73. The van der Waals surface area contributed by atoms with Gasteiger partial charge in [0.1, 0.15) is 0 Å². The third-order valence-electron chi connectivity index (χ3n) is 5.40. The van der Waals surface area contributed by atoms with E-state index in [1.807, 2.05) is 36.7 Å². The Morgan fingerprint density at radius 1 is 1.00 bits per heavy atom. The van der Waals surface area contributed by atoms with Crippen molar-refractivity contribution in [2.75, 3.05) is 25.5 Å². The number of anilines is 1. The molecule has 1 amide bonds. The largest absolute Gasteiger partial charge is 0.327 e. The van der Waals surface area contributed by atoms with Crippen molar-refractivity contribution < 1.29 is 4.79 Å². The Bertz CT molecular complexity index is 938. The lowest BCUT2D eigenvalue weighted by Crippen LogP contribution is -2.31. The van der Waals surface area contributed by atoms with Crippen molar-refractivity contribution in [2.45, 2.75) is 25.8 Å². The smallest absolute Gasteiger partial charge is 0.221 e. The standard InChI is InChI=1S/C23H26N4O/c1-17(28)25-20-10-8-19(9-11-20)23-22(18-6-4-3-5-7-18)24-16-27(23)21-12-14-26(2)15-13-21/h3-11,16,21H,12-15H2,1-2H3,(H,25,28). The van der Waals surface area contributed by atoms with Crippen LogP contribution in [0.5, 0.6) is 0 Å². The fourth-order valence-corrected chi connectivity index (χ4v) is 3.92. The number of hydrogen-bond acceptors (Lipinski definition) is 3. The molecule has 1 aliphatic heterocycles. The predicted octanol–water partition coefficient (Wildman–Crippen LogP) is 4.44.